The minimum atomic E-state index is -1.14. The van der Waals surface area contributed by atoms with Gasteiger partial charge in [0.25, 0.3) is 5.79 Å². The fraction of sp³-hybridized carbons (Fsp3) is 0.765. The lowest BCUT2D eigenvalue weighted by atomic mass is 9.58. The van der Waals surface area contributed by atoms with E-state index in [1.165, 1.54) is 6.42 Å². The number of hydrogen-bond donors (Lipinski definition) is 0. The van der Waals surface area contributed by atoms with E-state index in [1.807, 2.05) is 0 Å². The van der Waals surface area contributed by atoms with E-state index >= 15 is 0 Å². The van der Waals surface area contributed by atoms with Gasteiger partial charge in [0.15, 0.2) is 0 Å². The van der Waals surface area contributed by atoms with Crippen LogP contribution in [0.4, 0.5) is 0 Å². The summed E-state index contributed by atoms with van der Waals surface area (Å²) in [5, 5.41) is 0. The molecule has 9 atom stereocenters. The third-order valence-electron chi connectivity index (χ3n) is 7.45. The first kappa shape index (κ1) is 12.6. The molecule has 0 N–H and O–H groups in total. The Morgan fingerprint density at radius 1 is 0.955 bits per heavy atom. The van der Waals surface area contributed by atoms with E-state index in [9.17, 15) is 9.59 Å². The number of fused-ring (bicyclic) bond motifs is 2. The van der Waals surface area contributed by atoms with Crippen LogP contribution in [0.5, 0.6) is 0 Å². The number of alkyl halides is 1. The third kappa shape index (κ3) is 1.06. The quantitative estimate of drug-likeness (QED) is 0.286. The second-order valence-corrected chi connectivity index (χ2v) is 9.44. The van der Waals surface area contributed by atoms with E-state index in [1.54, 1.807) is 13.8 Å². The zero-order valence-electron chi connectivity index (χ0n) is 12.4. The molecule has 6 rings (SSSR count). The molecule has 0 aromatic heterocycles. The number of allylic oxidation sites excluding steroid dienone is 1. The van der Waals surface area contributed by atoms with Crippen molar-refractivity contribution in [2.24, 2.45) is 47.3 Å². The molecule has 0 amide bonds. The molecule has 2 bridgehead atoms. The minimum Gasteiger partial charge on any atom is -0.419 e. The summed E-state index contributed by atoms with van der Waals surface area (Å²) < 4.78 is 10.7. The molecule has 1 saturated heterocycles. The number of carbonyl (C=O) groups is 2. The zero-order valence-corrected chi connectivity index (χ0v) is 14.0. The smallest absolute Gasteiger partial charge is 0.348 e. The predicted octanol–water partition coefficient (Wildman–Crippen LogP) is 2.27. The SMILES string of the molecule is CC1(C)OC(=O)C(=C2C3C4CC5C3C(Br)C3C2C4C53)C(=O)O1. The monoisotopic (exact) mass is 364 g/mol. The number of hydrogen-bond acceptors (Lipinski definition) is 4. The molecular formula is C17H17BrO4. The summed E-state index contributed by atoms with van der Waals surface area (Å²) in [7, 11) is 0. The minimum absolute atomic E-state index is 0.247. The van der Waals surface area contributed by atoms with Gasteiger partial charge in [0.05, 0.1) is 0 Å². The maximum atomic E-state index is 12.5. The standard InChI is InChI=1S/C17H17BrO4/c1-17(2)21-15(19)13(16(20)22-17)11-8-4-3-5-7-6(4)10(11)12(7)14(18)9(5)8/h4-10,12,14H,3H2,1-2H3. The van der Waals surface area contributed by atoms with Gasteiger partial charge in [-0.1, -0.05) is 15.9 Å². The lowest BCUT2D eigenvalue weighted by Crippen LogP contribution is -2.48. The Morgan fingerprint density at radius 2 is 1.64 bits per heavy atom. The molecule has 5 aliphatic carbocycles. The van der Waals surface area contributed by atoms with Crippen molar-refractivity contribution >= 4 is 27.9 Å². The summed E-state index contributed by atoms with van der Waals surface area (Å²) in [5.41, 5.74) is 1.36. The number of rotatable bonds is 0. The van der Waals surface area contributed by atoms with Gasteiger partial charge in [0.1, 0.15) is 5.57 Å². The Hall–Kier alpha value is -0.840. The van der Waals surface area contributed by atoms with Gasteiger partial charge in [-0.25, -0.2) is 9.59 Å². The molecule has 0 aromatic rings. The van der Waals surface area contributed by atoms with E-state index in [4.69, 9.17) is 9.47 Å². The highest BCUT2D eigenvalue weighted by molar-refractivity contribution is 9.09. The molecule has 22 heavy (non-hydrogen) atoms. The zero-order chi connectivity index (χ0) is 15.1. The maximum absolute atomic E-state index is 12.5. The van der Waals surface area contributed by atoms with Gasteiger partial charge < -0.3 is 9.47 Å². The second kappa shape index (κ2) is 3.33. The van der Waals surface area contributed by atoms with Crippen molar-refractivity contribution < 1.29 is 19.1 Å². The van der Waals surface area contributed by atoms with E-state index in [0.717, 1.165) is 23.3 Å². The van der Waals surface area contributed by atoms with Gasteiger partial charge >= 0.3 is 11.9 Å². The lowest BCUT2D eigenvalue weighted by molar-refractivity contribution is -0.222. The molecule has 5 heteroatoms. The van der Waals surface area contributed by atoms with Crippen molar-refractivity contribution in [3.63, 3.8) is 0 Å². The Bertz CT molecular complexity index is 673. The number of ether oxygens (including phenoxy) is 2. The first-order chi connectivity index (χ1) is 10.4. The largest absolute Gasteiger partial charge is 0.419 e. The first-order valence-corrected chi connectivity index (χ1v) is 9.17. The van der Waals surface area contributed by atoms with Crippen molar-refractivity contribution in [1.82, 2.24) is 0 Å². The summed E-state index contributed by atoms with van der Waals surface area (Å²) in [4.78, 5) is 25.6. The summed E-state index contributed by atoms with van der Waals surface area (Å²) in [6.07, 6.45) is 1.30. The molecule has 9 unspecified atom stereocenters. The molecule has 5 saturated carbocycles. The second-order valence-electron chi connectivity index (χ2n) is 8.38. The molecule has 1 aliphatic heterocycles. The maximum Gasteiger partial charge on any atom is 0.348 e. The number of cyclic esters (lactones) is 2. The average molecular weight is 365 g/mol. The third-order valence-corrected chi connectivity index (χ3v) is 8.67. The Morgan fingerprint density at radius 3 is 2.32 bits per heavy atom. The molecule has 0 spiro atoms. The van der Waals surface area contributed by atoms with E-state index in [0.29, 0.717) is 34.4 Å². The number of halogens is 1. The van der Waals surface area contributed by atoms with Crippen LogP contribution in [0.15, 0.2) is 11.1 Å². The molecule has 0 aromatic carbocycles. The van der Waals surface area contributed by atoms with E-state index in [-0.39, 0.29) is 5.57 Å². The molecule has 116 valence electrons. The average Bonchev–Trinajstić information content (AvgIpc) is 2.87. The van der Waals surface area contributed by atoms with Crippen LogP contribution in [-0.2, 0) is 19.1 Å². The Kier molecular flexibility index (Phi) is 1.90. The van der Waals surface area contributed by atoms with Crippen molar-refractivity contribution in [2.45, 2.75) is 30.9 Å². The van der Waals surface area contributed by atoms with Gasteiger partial charge in [-0.2, -0.15) is 0 Å². The number of carbonyl (C=O) groups excluding carboxylic acids is 2. The highest BCUT2D eigenvalue weighted by atomic mass is 79.9. The van der Waals surface area contributed by atoms with E-state index in [2.05, 4.69) is 15.9 Å². The normalized spacial score (nSPS) is 58.2. The molecule has 0 radical (unpaired) electrons. The van der Waals surface area contributed by atoms with E-state index < -0.39 is 17.7 Å². The van der Waals surface area contributed by atoms with Crippen LogP contribution < -0.4 is 0 Å². The van der Waals surface area contributed by atoms with Crippen LogP contribution in [0, 0.1) is 47.3 Å². The first-order valence-electron chi connectivity index (χ1n) is 8.25. The van der Waals surface area contributed by atoms with Crippen molar-refractivity contribution in [3.8, 4) is 0 Å². The van der Waals surface area contributed by atoms with Crippen LogP contribution in [0.2, 0.25) is 0 Å². The fourth-order valence-electron chi connectivity index (χ4n) is 7.35. The van der Waals surface area contributed by atoms with Crippen LogP contribution >= 0.6 is 15.9 Å². The summed E-state index contributed by atoms with van der Waals surface area (Å²) in [5.74, 6) is 3.08. The highest BCUT2D eigenvalue weighted by Gasteiger charge is 2.82. The summed E-state index contributed by atoms with van der Waals surface area (Å²) in [6, 6.07) is 0. The van der Waals surface area contributed by atoms with Crippen LogP contribution in [-0.4, -0.2) is 22.6 Å². The van der Waals surface area contributed by atoms with Crippen LogP contribution in [0.3, 0.4) is 0 Å². The van der Waals surface area contributed by atoms with Gasteiger partial charge in [0.2, 0.25) is 0 Å². The lowest BCUT2D eigenvalue weighted by Gasteiger charge is -2.48. The van der Waals surface area contributed by atoms with Gasteiger partial charge in [-0.05, 0) is 59.3 Å². The predicted molar refractivity (Wildman–Crippen MR) is 78.5 cm³/mol. The van der Waals surface area contributed by atoms with Gasteiger partial charge in [0, 0.05) is 18.7 Å². The fourth-order valence-corrected chi connectivity index (χ4v) is 8.75. The Labute approximate surface area is 136 Å². The van der Waals surface area contributed by atoms with Crippen LogP contribution in [0.1, 0.15) is 20.3 Å². The van der Waals surface area contributed by atoms with Crippen molar-refractivity contribution in [2.75, 3.05) is 0 Å². The highest BCUT2D eigenvalue weighted by Crippen LogP contribution is 2.85. The van der Waals surface area contributed by atoms with Gasteiger partial charge in [-0.3, -0.25) is 0 Å². The van der Waals surface area contributed by atoms with Gasteiger partial charge in [-0.15, -0.1) is 0 Å². The number of esters is 2. The Balaban J connectivity index is 1.53. The summed E-state index contributed by atoms with van der Waals surface area (Å²) in [6.45, 7) is 3.22. The van der Waals surface area contributed by atoms with Crippen molar-refractivity contribution in [3.05, 3.63) is 11.1 Å². The van der Waals surface area contributed by atoms with Crippen LogP contribution in [0.25, 0.3) is 0 Å². The molecule has 1 heterocycles. The summed E-state index contributed by atoms with van der Waals surface area (Å²) >= 11 is 3.93. The van der Waals surface area contributed by atoms with Crippen molar-refractivity contribution in [1.29, 1.82) is 0 Å². The molecule has 4 nitrogen and oxygen atoms in total. The molecular weight excluding hydrogens is 348 g/mol. The molecule has 6 aliphatic rings. The topological polar surface area (TPSA) is 52.6 Å². The molecule has 6 fully saturated rings.